The molecule has 1 saturated carbocycles. The highest BCUT2D eigenvalue weighted by molar-refractivity contribution is 5.85. The minimum absolute atomic E-state index is 0. The highest BCUT2D eigenvalue weighted by Crippen LogP contribution is 2.33. The Labute approximate surface area is 142 Å². The fourth-order valence-electron chi connectivity index (χ4n) is 3.67. The van der Waals surface area contributed by atoms with Gasteiger partial charge in [-0.05, 0) is 42.9 Å². The third-order valence-corrected chi connectivity index (χ3v) is 4.88. The number of aliphatic hydroxyl groups excluding tert-OH is 1. The zero-order valence-corrected chi connectivity index (χ0v) is 13.8. The SMILES string of the molecule is Cl.O=C(NCC(O)c1cccc(F)c1)C1CC2CCCCC2N1. The third kappa shape index (κ3) is 4.43. The molecule has 128 valence electrons. The Morgan fingerprint density at radius 1 is 1.39 bits per heavy atom. The average Bonchev–Trinajstić information content (AvgIpc) is 2.96. The van der Waals surface area contributed by atoms with Crippen LogP contribution in [0.25, 0.3) is 0 Å². The third-order valence-electron chi connectivity index (χ3n) is 4.88. The van der Waals surface area contributed by atoms with Crippen LogP contribution in [0.5, 0.6) is 0 Å². The molecule has 0 spiro atoms. The van der Waals surface area contributed by atoms with Crippen molar-refractivity contribution in [2.24, 2.45) is 5.92 Å². The number of hydrogen-bond donors (Lipinski definition) is 3. The second-order valence-corrected chi connectivity index (χ2v) is 6.42. The molecule has 0 radical (unpaired) electrons. The number of amides is 1. The predicted molar refractivity (Wildman–Crippen MR) is 88.9 cm³/mol. The number of halogens is 2. The van der Waals surface area contributed by atoms with Crippen LogP contribution in [0.4, 0.5) is 4.39 Å². The molecule has 4 atom stereocenters. The maximum atomic E-state index is 13.1. The molecule has 4 unspecified atom stereocenters. The summed E-state index contributed by atoms with van der Waals surface area (Å²) >= 11 is 0. The standard InChI is InChI=1S/C17H23FN2O2.ClH/c18-13-6-3-5-12(8-13)16(21)10-19-17(22)15-9-11-4-1-2-7-14(11)20-15;/h3,5-6,8,11,14-16,20-21H,1-2,4,7,9-10H2,(H,19,22);1H. The summed E-state index contributed by atoms with van der Waals surface area (Å²) in [4.78, 5) is 12.2. The summed E-state index contributed by atoms with van der Waals surface area (Å²) in [7, 11) is 0. The van der Waals surface area contributed by atoms with E-state index in [1.807, 2.05) is 0 Å². The number of hydrogen-bond acceptors (Lipinski definition) is 3. The molecule has 0 aromatic heterocycles. The first-order valence-corrected chi connectivity index (χ1v) is 8.11. The maximum absolute atomic E-state index is 13.1. The van der Waals surface area contributed by atoms with Crippen LogP contribution < -0.4 is 10.6 Å². The quantitative estimate of drug-likeness (QED) is 0.787. The summed E-state index contributed by atoms with van der Waals surface area (Å²) in [5.74, 6) is 0.159. The van der Waals surface area contributed by atoms with Crippen LogP contribution in [-0.4, -0.2) is 29.6 Å². The van der Waals surface area contributed by atoms with Gasteiger partial charge in [-0.25, -0.2) is 4.39 Å². The normalized spacial score (nSPS) is 27.7. The minimum Gasteiger partial charge on any atom is -0.387 e. The molecule has 1 saturated heterocycles. The van der Waals surface area contributed by atoms with E-state index in [1.165, 1.54) is 31.4 Å². The van der Waals surface area contributed by atoms with Crippen molar-refractivity contribution in [2.45, 2.75) is 50.3 Å². The highest BCUT2D eigenvalue weighted by Gasteiger charge is 2.38. The molecule has 3 rings (SSSR count). The second-order valence-electron chi connectivity index (χ2n) is 6.42. The van der Waals surface area contributed by atoms with E-state index in [1.54, 1.807) is 12.1 Å². The smallest absolute Gasteiger partial charge is 0.237 e. The van der Waals surface area contributed by atoms with Crippen molar-refractivity contribution < 1.29 is 14.3 Å². The first-order chi connectivity index (χ1) is 10.6. The molecule has 4 nitrogen and oxygen atoms in total. The van der Waals surface area contributed by atoms with Crippen molar-refractivity contribution in [2.75, 3.05) is 6.54 Å². The summed E-state index contributed by atoms with van der Waals surface area (Å²) in [6.07, 6.45) is 4.85. The van der Waals surface area contributed by atoms with E-state index < -0.39 is 6.10 Å². The van der Waals surface area contributed by atoms with Gasteiger partial charge in [-0.2, -0.15) is 0 Å². The summed E-state index contributed by atoms with van der Waals surface area (Å²) in [6, 6.07) is 6.14. The van der Waals surface area contributed by atoms with Gasteiger partial charge in [0.25, 0.3) is 0 Å². The van der Waals surface area contributed by atoms with Gasteiger partial charge < -0.3 is 15.7 Å². The fraction of sp³-hybridized carbons (Fsp3) is 0.588. The van der Waals surface area contributed by atoms with E-state index in [0.717, 1.165) is 12.8 Å². The van der Waals surface area contributed by atoms with Gasteiger partial charge in [-0.15, -0.1) is 12.4 Å². The van der Waals surface area contributed by atoms with Gasteiger partial charge in [0.1, 0.15) is 5.82 Å². The molecule has 1 heterocycles. The van der Waals surface area contributed by atoms with Gasteiger partial charge in [-0.1, -0.05) is 25.0 Å². The Morgan fingerprint density at radius 3 is 2.91 bits per heavy atom. The van der Waals surface area contributed by atoms with E-state index >= 15 is 0 Å². The monoisotopic (exact) mass is 342 g/mol. The molecule has 1 aromatic rings. The number of fused-ring (bicyclic) bond motifs is 1. The number of benzene rings is 1. The van der Waals surface area contributed by atoms with Crippen molar-refractivity contribution in [3.8, 4) is 0 Å². The van der Waals surface area contributed by atoms with E-state index in [4.69, 9.17) is 0 Å². The molecule has 6 heteroatoms. The van der Waals surface area contributed by atoms with Crippen molar-refractivity contribution in [1.82, 2.24) is 10.6 Å². The van der Waals surface area contributed by atoms with Gasteiger partial charge in [0.05, 0.1) is 12.1 Å². The van der Waals surface area contributed by atoms with Crippen LogP contribution in [-0.2, 0) is 4.79 Å². The molecule has 1 aromatic carbocycles. The van der Waals surface area contributed by atoms with Crippen LogP contribution in [0.2, 0.25) is 0 Å². The zero-order chi connectivity index (χ0) is 15.5. The Kier molecular flexibility index (Phi) is 6.39. The number of nitrogens with one attached hydrogen (secondary N) is 2. The number of aliphatic hydroxyl groups is 1. The van der Waals surface area contributed by atoms with Gasteiger partial charge >= 0.3 is 0 Å². The molecular weight excluding hydrogens is 319 g/mol. The summed E-state index contributed by atoms with van der Waals surface area (Å²) < 4.78 is 13.1. The summed E-state index contributed by atoms with van der Waals surface area (Å²) in [5, 5.41) is 16.2. The predicted octanol–water partition coefficient (Wildman–Crippen LogP) is 2.32. The molecule has 2 fully saturated rings. The Morgan fingerprint density at radius 2 is 2.17 bits per heavy atom. The zero-order valence-electron chi connectivity index (χ0n) is 13.0. The van der Waals surface area contributed by atoms with Gasteiger partial charge in [0.2, 0.25) is 5.91 Å². The molecule has 3 N–H and O–H groups in total. The Bertz CT molecular complexity index is 529. The van der Waals surface area contributed by atoms with Crippen molar-refractivity contribution in [3.63, 3.8) is 0 Å². The van der Waals surface area contributed by atoms with E-state index in [2.05, 4.69) is 10.6 Å². The van der Waals surface area contributed by atoms with Crippen LogP contribution in [0.3, 0.4) is 0 Å². The molecule has 0 bridgehead atoms. The lowest BCUT2D eigenvalue weighted by molar-refractivity contribution is -0.123. The lowest BCUT2D eigenvalue weighted by Gasteiger charge is -2.24. The van der Waals surface area contributed by atoms with Crippen LogP contribution in [0.1, 0.15) is 43.8 Å². The lowest BCUT2D eigenvalue weighted by Crippen LogP contribution is -2.44. The van der Waals surface area contributed by atoms with E-state index in [0.29, 0.717) is 17.5 Å². The summed E-state index contributed by atoms with van der Waals surface area (Å²) in [5.41, 5.74) is 0.480. The van der Waals surface area contributed by atoms with Gasteiger partial charge in [-0.3, -0.25) is 4.79 Å². The Hall–Kier alpha value is -1.17. The molecule has 1 amide bonds. The van der Waals surface area contributed by atoms with Gasteiger partial charge in [0, 0.05) is 12.6 Å². The molecule has 1 aliphatic heterocycles. The first kappa shape index (κ1) is 18.2. The van der Waals surface area contributed by atoms with Crippen molar-refractivity contribution >= 4 is 18.3 Å². The molecular formula is C17H24ClFN2O2. The largest absolute Gasteiger partial charge is 0.387 e. The van der Waals surface area contributed by atoms with Crippen molar-refractivity contribution in [3.05, 3.63) is 35.6 Å². The average molecular weight is 343 g/mol. The number of carbonyl (C=O) groups is 1. The van der Waals surface area contributed by atoms with E-state index in [9.17, 15) is 14.3 Å². The summed E-state index contributed by atoms with van der Waals surface area (Å²) in [6.45, 7) is 0.107. The van der Waals surface area contributed by atoms with E-state index in [-0.39, 0.29) is 36.7 Å². The van der Waals surface area contributed by atoms with Crippen LogP contribution in [0.15, 0.2) is 24.3 Å². The highest BCUT2D eigenvalue weighted by atomic mass is 35.5. The van der Waals surface area contributed by atoms with Crippen LogP contribution >= 0.6 is 12.4 Å². The maximum Gasteiger partial charge on any atom is 0.237 e. The fourth-order valence-corrected chi connectivity index (χ4v) is 3.67. The van der Waals surface area contributed by atoms with Crippen LogP contribution in [0, 0.1) is 11.7 Å². The molecule has 23 heavy (non-hydrogen) atoms. The molecule has 1 aliphatic carbocycles. The molecule has 2 aliphatic rings. The lowest BCUT2D eigenvalue weighted by atomic mass is 9.85. The first-order valence-electron chi connectivity index (χ1n) is 8.11. The topological polar surface area (TPSA) is 61.4 Å². The second kappa shape index (κ2) is 8.08. The Balaban J connectivity index is 0.00000192. The van der Waals surface area contributed by atoms with Gasteiger partial charge in [0.15, 0.2) is 0 Å². The number of rotatable bonds is 4. The number of carbonyl (C=O) groups excluding carboxylic acids is 1. The minimum atomic E-state index is -0.886. The van der Waals surface area contributed by atoms with Crippen molar-refractivity contribution in [1.29, 1.82) is 0 Å².